The van der Waals surface area contributed by atoms with Gasteiger partial charge in [0.15, 0.2) is 0 Å². The van der Waals surface area contributed by atoms with Crippen LogP contribution in [0.15, 0.2) is 10.6 Å². The van der Waals surface area contributed by atoms with Crippen LogP contribution in [0.25, 0.3) is 11.1 Å². The zero-order valence-corrected chi connectivity index (χ0v) is 14.9. The van der Waals surface area contributed by atoms with Crippen LogP contribution in [0.3, 0.4) is 0 Å². The van der Waals surface area contributed by atoms with E-state index in [1.54, 1.807) is 6.92 Å². The first-order chi connectivity index (χ1) is 12.5. The van der Waals surface area contributed by atoms with Gasteiger partial charge in [0, 0.05) is 36.2 Å². The molecule has 1 amide bonds. The van der Waals surface area contributed by atoms with Gasteiger partial charge in [-0.15, -0.1) is 0 Å². The van der Waals surface area contributed by atoms with Crippen molar-refractivity contribution in [2.24, 2.45) is 5.92 Å². The summed E-state index contributed by atoms with van der Waals surface area (Å²) < 4.78 is 32.1. The number of carbonyl (C=O) groups is 1. The number of likely N-dealkylation sites (tertiary alicyclic amines) is 1. The Labute approximate surface area is 150 Å². The monoisotopic (exact) mass is 363 g/mol. The number of alkyl halides is 2. The topological polar surface area (TPSA) is 59.2 Å². The molecule has 1 saturated carbocycles. The lowest BCUT2D eigenvalue weighted by molar-refractivity contribution is -0.136. The lowest BCUT2D eigenvalue weighted by Crippen LogP contribution is -2.40. The van der Waals surface area contributed by atoms with E-state index in [1.165, 1.54) is 6.07 Å². The van der Waals surface area contributed by atoms with Crippen molar-refractivity contribution in [3.05, 3.63) is 23.0 Å². The standard InChI is InChI=1S/C19H23F2N3O2/c1-11-16-14(17(20)21)10-15(22-18(16)26-23-11)12-6-8-24(9-7-12)19(25)13-4-2-3-5-13/h10,12-13,17H,2-9H2,1H3. The van der Waals surface area contributed by atoms with E-state index in [4.69, 9.17) is 4.52 Å². The van der Waals surface area contributed by atoms with Gasteiger partial charge in [-0.3, -0.25) is 4.79 Å². The molecule has 0 unspecified atom stereocenters. The Morgan fingerprint density at radius 3 is 2.58 bits per heavy atom. The summed E-state index contributed by atoms with van der Waals surface area (Å²) in [6.45, 7) is 2.98. The molecule has 2 aromatic heterocycles. The maximum absolute atomic E-state index is 13.5. The lowest BCUT2D eigenvalue weighted by atomic mass is 9.91. The Morgan fingerprint density at radius 2 is 1.92 bits per heavy atom. The maximum atomic E-state index is 13.5. The van der Waals surface area contributed by atoms with E-state index in [1.807, 2.05) is 4.90 Å². The molecule has 0 bridgehead atoms. The summed E-state index contributed by atoms with van der Waals surface area (Å²) in [4.78, 5) is 18.9. The molecule has 26 heavy (non-hydrogen) atoms. The molecule has 0 N–H and O–H groups in total. The molecule has 2 aromatic rings. The molecule has 2 fully saturated rings. The molecular formula is C19H23F2N3O2. The molecule has 0 atom stereocenters. The predicted octanol–water partition coefficient (Wildman–Crippen LogP) is 4.37. The van der Waals surface area contributed by atoms with Gasteiger partial charge in [-0.05, 0) is 38.7 Å². The van der Waals surface area contributed by atoms with Crippen molar-refractivity contribution in [3.8, 4) is 0 Å². The third kappa shape index (κ3) is 3.08. The highest BCUT2D eigenvalue weighted by atomic mass is 19.3. The average Bonchev–Trinajstić information content (AvgIpc) is 3.31. The molecule has 3 heterocycles. The number of rotatable bonds is 3. The van der Waals surface area contributed by atoms with Crippen LogP contribution in [-0.4, -0.2) is 34.0 Å². The fourth-order valence-electron chi connectivity index (χ4n) is 4.36. The number of aromatic nitrogens is 2. The first-order valence-electron chi connectivity index (χ1n) is 9.38. The molecule has 4 rings (SSSR count). The maximum Gasteiger partial charge on any atom is 0.264 e. The van der Waals surface area contributed by atoms with E-state index in [0.717, 1.165) is 38.5 Å². The van der Waals surface area contributed by atoms with Crippen molar-refractivity contribution in [1.82, 2.24) is 15.0 Å². The number of piperidine rings is 1. The molecular weight excluding hydrogens is 340 g/mol. The van der Waals surface area contributed by atoms with E-state index in [2.05, 4.69) is 10.1 Å². The number of halogens is 2. The summed E-state index contributed by atoms with van der Waals surface area (Å²) in [6.07, 6.45) is 3.17. The van der Waals surface area contributed by atoms with Crippen molar-refractivity contribution >= 4 is 17.0 Å². The Morgan fingerprint density at radius 1 is 1.23 bits per heavy atom. The van der Waals surface area contributed by atoms with E-state index in [-0.39, 0.29) is 29.0 Å². The summed E-state index contributed by atoms with van der Waals surface area (Å²) in [5.74, 6) is 0.516. The molecule has 1 aliphatic carbocycles. The van der Waals surface area contributed by atoms with Gasteiger partial charge < -0.3 is 9.42 Å². The summed E-state index contributed by atoms with van der Waals surface area (Å²) in [7, 11) is 0. The number of nitrogens with zero attached hydrogens (tertiary/aromatic N) is 3. The van der Waals surface area contributed by atoms with Crippen LogP contribution in [0.2, 0.25) is 0 Å². The van der Waals surface area contributed by atoms with Crippen molar-refractivity contribution in [1.29, 1.82) is 0 Å². The molecule has 2 aliphatic rings. The van der Waals surface area contributed by atoms with Gasteiger partial charge in [-0.25, -0.2) is 13.8 Å². The van der Waals surface area contributed by atoms with Gasteiger partial charge in [-0.2, -0.15) is 0 Å². The number of aryl methyl sites for hydroxylation is 1. The third-order valence-electron chi connectivity index (χ3n) is 5.83. The number of hydrogen-bond donors (Lipinski definition) is 0. The number of hydrogen-bond acceptors (Lipinski definition) is 4. The minimum Gasteiger partial charge on any atom is -0.342 e. The van der Waals surface area contributed by atoms with Crippen molar-refractivity contribution < 1.29 is 18.1 Å². The Balaban J connectivity index is 1.51. The highest BCUT2D eigenvalue weighted by Crippen LogP contribution is 2.35. The molecule has 1 saturated heterocycles. The van der Waals surface area contributed by atoms with Crippen molar-refractivity contribution in [2.75, 3.05) is 13.1 Å². The highest BCUT2D eigenvalue weighted by Gasteiger charge is 2.31. The zero-order valence-electron chi connectivity index (χ0n) is 14.9. The van der Waals surface area contributed by atoms with Crippen LogP contribution >= 0.6 is 0 Å². The van der Waals surface area contributed by atoms with Crippen molar-refractivity contribution in [3.63, 3.8) is 0 Å². The Kier molecular flexibility index (Phi) is 4.63. The van der Waals surface area contributed by atoms with Gasteiger partial charge in [0.25, 0.3) is 12.1 Å². The average molecular weight is 363 g/mol. The van der Waals surface area contributed by atoms with E-state index in [9.17, 15) is 13.6 Å². The van der Waals surface area contributed by atoms with E-state index in [0.29, 0.717) is 29.9 Å². The fourth-order valence-corrected chi connectivity index (χ4v) is 4.36. The first-order valence-corrected chi connectivity index (χ1v) is 9.38. The van der Waals surface area contributed by atoms with Crippen LogP contribution in [0.5, 0.6) is 0 Å². The second-order valence-corrected chi connectivity index (χ2v) is 7.47. The Bertz CT molecular complexity index is 806. The second kappa shape index (κ2) is 6.93. The lowest BCUT2D eigenvalue weighted by Gasteiger charge is -2.33. The normalized spacial score (nSPS) is 19.8. The number of carbonyl (C=O) groups excluding carboxylic acids is 1. The summed E-state index contributed by atoms with van der Waals surface area (Å²) in [5, 5.41) is 4.10. The summed E-state index contributed by atoms with van der Waals surface area (Å²) in [5.41, 5.74) is 1.18. The van der Waals surface area contributed by atoms with Crippen LogP contribution in [-0.2, 0) is 4.79 Å². The second-order valence-electron chi connectivity index (χ2n) is 7.47. The number of pyridine rings is 1. The zero-order chi connectivity index (χ0) is 18.3. The number of fused-ring (bicyclic) bond motifs is 1. The third-order valence-corrected chi connectivity index (χ3v) is 5.83. The minimum atomic E-state index is -2.60. The van der Waals surface area contributed by atoms with Crippen LogP contribution in [0, 0.1) is 12.8 Å². The molecule has 0 spiro atoms. The van der Waals surface area contributed by atoms with Gasteiger partial charge in [0.05, 0.1) is 11.1 Å². The van der Waals surface area contributed by atoms with Crippen molar-refractivity contribution in [2.45, 2.75) is 57.8 Å². The van der Waals surface area contributed by atoms with Gasteiger partial charge in [-0.1, -0.05) is 18.0 Å². The van der Waals surface area contributed by atoms with Crippen LogP contribution in [0.4, 0.5) is 8.78 Å². The largest absolute Gasteiger partial charge is 0.342 e. The fraction of sp³-hybridized carbons (Fsp3) is 0.632. The number of amides is 1. The predicted molar refractivity (Wildman–Crippen MR) is 92.0 cm³/mol. The smallest absolute Gasteiger partial charge is 0.264 e. The van der Waals surface area contributed by atoms with E-state index >= 15 is 0 Å². The van der Waals surface area contributed by atoms with E-state index < -0.39 is 6.43 Å². The highest BCUT2D eigenvalue weighted by molar-refractivity contribution is 5.81. The first kappa shape index (κ1) is 17.4. The van der Waals surface area contributed by atoms with Crippen LogP contribution < -0.4 is 0 Å². The van der Waals surface area contributed by atoms with Gasteiger partial charge >= 0.3 is 0 Å². The Hall–Kier alpha value is -2.05. The molecule has 0 radical (unpaired) electrons. The van der Waals surface area contributed by atoms with Gasteiger partial charge in [0.2, 0.25) is 5.91 Å². The quantitative estimate of drug-likeness (QED) is 0.813. The van der Waals surface area contributed by atoms with Gasteiger partial charge in [0.1, 0.15) is 0 Å². The molecule has 5 nitrogen and oxygen atoms in total. The molecule has 0 aromatic carbocycles. The summed E-state index contributed by atoms with van der Waals surface area (Å²) in [6, 6.07) is 1.50. The summed E-state index contributed by atoms with van der Waals surface area (Å²) >= 11 is 0. The minimum absolute atomic E-state index is 0.0618. The van der Waals surface area contributed by atoms with Crippen LogP contribution in [0.1, 0.15) is 67.8 Å². The SMILES string of the molecule is Cc1noc2nc(C3CCN(C(=O)C4CCCC4)CC3)cc(C(F)F)c12. The molecule has 1 aliphatic heterocycles. The molecule has 7 heteroatoms. The molecule has 140 valence electrons.